The van der Waals surface area contributed by atoms with Gasteiger partial charge in [-0.05, 0) is 57.7 Å². The summed E-state index contributed by atoms with van der Waals surface area (Å²) in [5, 5.41) is 7.08. The molecule has 1 aromatic heterocycles. The molecule has 1 aromatic rings. The molecule has 2 aliphatic rings. The van der Waals surface area contributed by atoms with E-state index in [0.717, 1.165) is 58.1 Å². The first-order valence-corrected chi connectivity index (χ1v) is 9.35. The molecule has 0 aromatic carbocycles. The number of halogens is 3. The Bertz CT molecular complexity index is 563. The molecule has 2 fully saturated rings. The topological polar surface area (TPSA) is 41.5 Å². The Morgan fingerprint density at radius 2 is 1.73 bits per heavy atom. The van der Waals surface area contributed by atoms with Gasteiger partial charge < -0.3 is 9.64 Å². The second kappa shape index (κ2) is 8.08. The van der Waals surface area contributed by atoms with Gasteiger partial charge in [-0.1, -0.05) is 0 Å². The lowest BCUT2D eigenvalue weighted by atomic mass is 9.93. The number of hydrogen-bond acceptors (Lipinski definition) is 5. The highest BCUT2D eigenvalue weighted by Gasteiger charge is 2.33. The highest BCUT2D eigenvalue weighted by Crippen LogP contribution is 2.29. The van der Waals surface area contributed by atoms with E-state index in [1.807, 2.05) is 4.90 Å². The number of anilines is 1. The zero-order chi connectivity index (χ0) is 18.7. The first-order valence-electron chi connectivity index (χ1n) is 9.35. The van der Waals surface area contributed by atoms with E-state index in [9.17, 15) is 13.2 Å². The van der Waals surface area contributed by atoms with Gasteiger partial charge in [-0.2, -0.15) is 13.2 Å². The van der Waals surface area contributed by atoms with Crippen LogP contribution in [0.25, 0.3) is 0 Å². The molecule has 5 nitrogen and oxygen atoms in total. The average molecular weight is 372 g/mol. The lowest BCUT2D eigenvalue weighted by molar-refractivity contribution is -0.141. The molecule has 0 aliphatic carbocycles. The Morgan fingerprint density at radius 3 is 2.27 bits per heavy atom. The number of hydrogen-bond donors (Lipinski definition) is 0. The summed E-state index contributed by atoms with van der Waals surface area (Å²) in [4.78, 5) is 4.51. The average Bonchev–Trinajstić information content (AvgIpc) is 2.59. The second-order valence-electron chi connectivity index (χ2n) is 7.51. The van der Waals surface area contributed by atoms with Gasteiger partial charge in [0.1, 0.15) is 0 Å². The molecule has 2 saturated heterocycles. The Hall–Kier alpha value is -1.41. The zero-order valence-electron chi connectivity index (χ0n) is 15.4. The van der Waals surface area contributed by atoms with E-state index in [4.69, 9.17) is 4.74 Å². The summed E-state index contributed by atoms with van der Waals surface area (Å²) < 4.78 is 43.5. The summed E-state index contributed by atoms with van der Waals surface area (Å²) in [6.07, 6.45) is -0.618. The molecular weight excluding hydrogens is 345 g/mol. The van der Waals surface area contributed by atoms with Crippen LogP contribution in [0, 0.1) is 5.92 Å². The summed E-state index contributed by atoms with van der Waals surface area (Å²) >= 11 is 0. The van der Waals surface area contributed by atoms with Crippen molar-refractivity contribution in [2.75, 3.05) is 37.6 Å². The van der Waals surface area contributed by atoms with Crippen molar-refractivity contribution < 1.29 is 17.9 Å². The second-order valence-corrected chi connectivity index (χ2v) is 7.51. The van der Waals surface area contributed by atoms with Crippen molar-refractivity contribution in [3.05, 3.63) is 17.8 Å². The number of nitrogens with zero attached hydrogens (tertiary/aromatic N) is 4. The predicted octanol–water partition coefficient (Wildman–Crippen LogP) is 3.21. The van der Waals surface area contributed by atoms with Gasteiger partial charge in [0.2, 0.25) is 0 Å². The van der Waals surface area contributed by atoms with E-state index in [-0.39, 0.29) is 0 Å². The van der Waals surface area contributed by atoms with Gasteiger partial charge in [0.15, 0.2) is 11.5 Å². The Morgan fingerprint density at radius 1 is 1.08 bits per heavy atom. The minimum Gasteiger partial charge on any atom is -0.373 e. The largest absolute Gasteiger partial charge is 0.435 e. The third kappa shape index (κ3) is 5.07. The van der Waals surface area contributed by atoms with Crippen molar-refractivity contribution in [1.29, 1.82) is 0 Å². The van der Waals surface area contributed by atoms with Crippen molar-refractivity contribution in [3.63, 3.8) is 0 Å². The van der Waals surface area contributed by atoms with Crippen LogP contribution in [0.1, 0.15) is 38.8 Å². The summed E-state index contributed by atoms with van der Waals surface area (Å²) in [6, 6.07) is 2.43. The Balaban J connectivity index is 1.44. The van der Waals surface area contributed by atoms with Crippen LogP contribution in [0.3, 0.4) is 0 Å². The monoisotopic (exact) mass is 372 g/mol. The third-order valence-electron chi connectivity index (χ3n) is 5.23. The molecule has 3 heterocycles. The van der Waals surface area contributed by atoms with Gasteiger partial charge >= 0.3 is 6.18 Å². The van der Waals surface area contributed by atoms with E-state index in [1.54, 1.807) is 0 Å². The van der Waals surface area contributed by atoms with Crippen LogP contribution in [-0.2, 0) is 10.9 Å². The molecule has 2 aliphatic heterocycles. The van der Waals surface area contributed by atoms with Crippen LogP contribution in [-0.4, -0.2) is 60.0 Å². The third-order valence-corrected chi connectivity index (χ3v) is 5.23. The SMILES string of the molecule is CC1CN(CCC2CCN(c3ccc(C(F)(F)F)nn3)CC2)CC(C)O1. The summed E-state index contributed by atoms with van der Waals surface area (Å²) in [5.41, 5.74) is -0.940. The van der Waals surface area contributed by atoms with Gasteiger partial charge in [0, 0.05) is 26.2 Å². The molecule has 0 amide bonds. The van der Waals surface area contributed by atoms with Gasteiger partial charge in [-0.15, -0.1) is 10.2 Å². The number of piperidine rings is 1. The lowest BCUT2D eigenvalue weighted by Crippen LogP contribution is -2.46. The molecule has 26 heavy (non-hydrogen) atoms. The van der Waals surface area contributed by atoms with Gasteiger partial charge in [0.25, 0.3) is 0 Å². The molecule has 3 rings (SSSR count). The van der Waals surface area contributed by atoms with Gasteiger partial charge in [0.05, 0.1) is 12.2 Å². The Labute approximate surface area is 152 Å². The molecule has 2 atom stereocenters. The molecule has 0 N–H and O–H groups in total. The molecule has 0 bridgehead atoms. The van der Waals surface area contributed by atoms with Crippen molar-refractivity contribution in [3.8, 4) is 0 Å². The molecule has 146 valence electrons. The van der Waals surface area contributed by atoms with E-state index >= 15 is 0 Å². The van der Waals surface area contributed by atoms with Crippen LogP contribution in [0.15, 0.2) is 12.1 Å². The summed E-state index contributed by atoms with van der Waals surface area (Å²) in [7, 11) is 0. The first kappa shape index (κ1) is 19.4. The van der Waals surface area contributed by atoms with E-state index in [1.165, 1.54) is 6.07 Å². The molecule has 8 heteroatoms. The van der Waals surface area contributed by atoms with E-state index in [2.05, 4.69) is 28.9 Å². The summed E-state index contributed by atoms with van der Waals surface area (Å²) in [5.74, 6) is 1.19. The quantitative estimate of drug-likeness (QED) is 0.812. The number of alkyl halides is 3. The zero-order valence-corrected chi connectivity index (χ0v) is 15.4. The number of morpholine rings is 1. The fraction of sp³-hybridized carbons (Fsp3) is 0.778. The normalized spacial score (nSPS) is 26.3. The molecule has 0 radical (unpaired) electrons. The van der Waals surface area contributed by atoms with Crippen molar-refractivity contribution in [2.45, 2.75) is 51.5 Å². The van der Waals surface area contributed by atoms with Crippen molar-refractivity contribution in [2.24, 2.45) is 5.92 Å². The maximum Gasteiger partial charge on any atom is 0.435 e. The van der Waals surface area contributed by atoms with E-state index < -0.39 is 11.9 Å². The standard InChI is InChI=1S/C18H27F3N4O/c1-13-11-24(12-14(2)26-13)8-5-15-6-9-25(10-7-15)17-4-3-16(22-23-17)18(19,20)21/h3-4,13-15H,5-12H2,1-2H3. The van der Waals surface area contributed by atoms with Gasteiger partial charge in [-0.25, -0.2) is 0 Å². The maximum absolute atomic E-state index is 12.6. The number of rotatable bonds is 4. The Kier molecular flexibility index (Phi) is 6.02. The lowest BCUT2D eigenvalue weighted by Gasteiger charge is -2.37. The maximum atomic E-state index is 12.6. The van der Waals surface area contributed by atoms with Crippen LogP contribution < -0.4 is 4.90 Å². The van der Waals surface area contributed by atoms with Crippen LogP contribution in [0.4, 0.5) is 19.0 Å². The number of ether oxygens (including phenoxy) is 1. The fourth-order valence-corrected chi connectivity index (χ4v) is 3.93. The van der Waals surface area contributed by atoms with E-state index in [0.29, 0.717) is 23.9 Å². The highest BCUT2D eigenvalue weighted by molar-refractivity contribution is 5.38. The minimum absolute atomic E-state index is 0.291. The van der Waals surface area contributed by atoms with Crippen molar-refractivity contribution >= 4 is 5.82 Å². The highest BCUT2D eigenvalue weighted by atomic mass is 19.4. The molecule has 0 saturated carbocycles. The predicted molar refractivity (Wildman–Crippen MR) is 93.0 cm³/mol. The van der Waals surface area contributed by atoms with Crippen LogP contribution in [0.5, 0.6) is 0 Å². The number of aromatic nitrogens is 2. The molecule has 0 spiro atoms. The van der Waals surface area contributed by atoms with Crippen LogP contribution in [0.2, 0.25) is 0 Å². The van der Waals surface area contributed by atoms with Crippen LogP contribution >= 0.6 is 0 Å². The minimum atomic E-state index is -4.44. The molecule has 2 unspecified atom stereocenters. The summed E-state index contributed by atoms with van der Waals surface area (Å²) in [6.45, 7) is 8.94. The first-order chi connectivity index (χ1) is 12.3. The smallest absolute Gasteiger partial charge is 0.373 e. The van der Waals surface area contributed by atoms with Crippen molar-refractivity contribution in [1.82, 2.24) is 15.1 Å². The van der Waals surface area contributed by atoms with Gasteiger partial charge in [-0.3, -0.25) is 4.90 Å². The fourth-order valence-electron chi connectivity index (χ4n) is 3.93. The molecular formula is C18H27F3N4O.